The Morgan fingerprint density at radius 3 is 1.76 bits per heavy atom. The lowest BCUT2D eigenvalue weighted by molar-refractivity contribution is 0.178. The van der Waals surface area contributed by atoms with E-state index in [1.54, 1.807) is 13.8 Å². The summed E-state index contributed by atoms with van der Waals surface area (Å²) in [5.74, 6) is 0. The normalized spacial score (nSPS) is 14.5. The molecule has 0 aliphatic rings. The predicted molar refractivity (Wildman–Crippen MR) is 71.5 cm³/mol. The number of rotatable bonds is 5. The Morgan fingerprint density at radius 2 is 1.41 bits per heavy atom. The number of aliphatic hydroxyl groups excluding tert-OH is 2. The lowest BCUT2D eigenvalue weighted by atomic mass is 10.1. The first kappa shape index (κ1) is 14.0. The van der Waals surface area contributed by atoms with Gasteiger partial charge in [0.15, 0.2) is 0 Å². The van der Waals surface area contributed by atoms with Crippen molar-refractivity contribution >= 4 is 5.69 Å². The van der Waals surface area contributed by atoms with Crippen molar-refractivity contribution in [2.24, 2.45) is 0 Å². The van der Waals surface area contributed by atoms with E-state index in [1.807, 2.05) is 6.07 Å². The van der Waals surface area contributed by atoms with Gasteiger partial charge in [-0.15, -0.1) is 0 Å². The number of nitrogens with zero attached hydrogens (tertiary/aromatic N) is 1. The van der Waals surface area contributed by atoms with Gasteiger partial charge in [-0.3, -0.25) is 0 Å². The van der Waals surface area contributed by atoms with E-state index in [2.05, 4.69) is 30.9 Å². The Morgan fingerprint density at radius 1 is 1.00 bits per heavy atom. The van der Waals surface area contributed by atoms with E-state index < -0.39 is 12.2 Å². The third-order valence-electron chi connectivity index (χ3n) is 2.72. The summed E-state index contributed by atoms with van der Waals surface area (Å²) >= 11 is 0. The van der Waals surface area contributed by atoms with Crippen molar-refractivity contribution in [1.29, 1.82) is 0 Å². The number of benzene rings is 1. The maximum Gasteiger partial charge on any atom is 0.0687 e. The standard InChI is InChI=1S/C14H23NO2/c1-10-6-5-7-11(2)14(10)15(8-12(3)16)9-13(4)17/h5-7,12-13,16-17H,8-9H2,1-4H3. The first-order valence-electron chi connectivity index (χ1n) is 6.09. The van der Waals surface area contributed by atoms with E-state index >= 15 is 0 Å². The van der Waals surface area contributed by atoms with E-state index in [-0.39, 0.29) is 0 Å². The second-order valence-corrected chi connectivity index (χ2v) is 4.84. The fourth-order valence-corrected chi connectivity index (χ4v) is 2.20. The number of aliphatic hydroxyl groups is 2. The van der Waals surface area contributed by atoms with Crippen molar-refractivity contribution in [2.75, 3.05) is 18.0 Å². The van der Waals surface area contributed by atoms with Gasteiger partial charge in [0, 0.05) is 18.8 Å². The van der Waals surface area contributed by atoms with Gasteiger partial charge in [0.05, 0.1) is 12.2 Å². The Balaban J connectivity index is 3.03. The molecule has 0 spiro atoms. The Kier molecular flexibility index (Phi) is 4.97. The zero-order chi connectivity index (χ0) is 13.0. The highest BCUT2D eigenvalue weighted by Crippen LogP contribution is 2.24. The van der Waals surface area contributed by atoms with Crippen molar-refractivity contribution in [2.45, 2.75) is 39.9 Å². The van der Waals surface area contributed by atoms with Crippen molar-refractivity contribution in [3.63, 3.8) is 0 Å². The molecular formula is C14H23NO2. The predicted octanol–water partition coefficient (Wildman–Crippen LogP) is 1.87. The molecule has 1 rings (SSSR count). The SMILES string of the molecule is Cc1cccc(C)c1N(CC(C)O)CC(C)O. The van der Waals surface area contributed by atoms with E-state index in [4.69, 9.17) is 0 Å². The molecule has 1 aromatic carbocycles. The van der Waals surface area contributed by atoms with Crippen molar-refractivity contribution in [1.82, 2.24) is 0 Å². The molecule has 0 amide bonds. The van der Waals surface area contributed by atoms with E-state index in [9.17, 15) is 10.2 Å². The number of hydrogen-bond acceptors (Lipinski definition) is 3. The van der Waals surface area contributed by atoms with Crippen LogP contribution >= 0.6 is 0 Å². The van der Waals surface area contributed by atoms with Crippen LogP contribution in [0.25, 0.3) is 0 Å². The second kappa shape index (κ2) is 6.03. The van der Waals surface area contributed by atoms with Crippen LogP contribution in [0.15, 0.2) is 18.2 Å². The monoisotopic (exact) mass is 237 g/mol. The van der Waals surface area contributed by atoms with E-state index in [1.165, 1.54) is 11.1 Å². The third-order valence-corrected chi connectivity index (χ3v) is 2.72. The van der Waals surface area contributed by atoms with E-state index in [0.717, 1.165) is 5.69 Å². The smallest absolute Gasteiger partial charge is 0.0687 e. The molecule has 0 aliphatic heterocycles. The van der Waals surface area contributed by atoms with Gasteiger partial charge in [0.1, 0.15) is 0 Å². The van der Waals surface area contributed by atoms with Crippen LogP contribution in [-0.4, -0.2) is 35.5 Å². The van der Waals surface area contributed by atoms with Gasteiger partial charge in [-0.2, -0.15) is 0 Å². The number of aryl methyl sites for hydroxylation is 2. The molecule has 96 valence electrons. The maximum atomic E-state index is 9.56. The molecule has 2 N–H and O–H groups in total. The minimum Gasteiger partial charge on any atom is -0.392 e. The molecule has 0 radical (unpaired) electrons. The molecule has 2 atom stereocenters. The molecule has 3 heteroatoms. The van der Waals surface area contributed by atoms with Gasteiger partial charge in [0.25, 0.3) is 0 Å². The quantitative estimate of drug-likeness (QED) is 0.821. The average Bonchev–Trinajstić information content (AvgIpc) is 2.14. The highest BCUT2D eigenvalue weighted by molar-refractivity contribution is 5.59. The molecule has 0 aromatic heterocycles. The van der Waals surface area contributed by atoms with Crippen LogP contribution in [-0.2, 0) is 0 Å². The molecule has 3 nitrogen and oxygen atoms in total. The minimum atomic E-state index is -0.409. The summed E-state index contributed by atoms with van der Waals surface area (Å²) in [4.78, 5) is 2.06. The molecular weight excluding hydrogens is 214 g/mol. The van der Waals surface area contributed by atoms with Crippen molar-refractivity contribution in [3.8, 4) is 0 Å². The van der Waals surface area contributed by atoms with Gasteiger partial charge in [-0.25, -0.2) is 0 Å². The van der Waals surface area contributed by atoms with Crippen LogP contribution in [0.2, 0.25) is 0 Å². The first-order valence-corrected chi connectivity index (χ1v) is 6.09. The molecule has 0 aliphatic carbocycles. The molecule has 0 saturated heterocycles. The van der Waals surface area contributed by atoms with Crippen molar-refractivity contribution in [3.05, 3.63) is 29.3 Å². The first-order chi connectivity index (χ1) is 7.91. The van der Waals surface area contributed by atoms with Gasteiger partial charge in [-0.1, -0.05) is 18.2 Å². The minimum absolute atomic E-state index is 0.409. The van der Waals surface area contributed by atoms with Gasteiger partial charge in [0.2, 0.25) is 0 Å². The Hall–Kier alpha value is -1.06. The Bertz CT molecular complexity index is 331. The lowest BCUT2D eigenvalue weighted by Gasteiger charge is -2.30. The topological polar surface area (TPSA) is 43.7 Å². The van der Waals surface area contributed by atoms with Crippen molar-refractivity contribution < 1.29 is 10.2 Å². The molecule has 0 fully saturated rings. The highest BCUT2D eigenvalue weighted by Gasteiger charge is 2.15. The molecule has 0 heterocycles. The number of anilines is 1. The van der Waals surface area contributed by atoms with Gasteiger partial charge in [-0.05, 0) is 38.8 Å². The lowest BCUT2D eigenvalue weighted by Crippen LogP contribution is -2.37. The van der Waals surface area contributed by atoms with Crippen LogP contribution in [0.5, 0.6) is 0 Å². The average molecular weight is 237 g/mol. The summed E-state index contributed by atoms with van der Waals surface area (Å²) in [6.07, 6.45) is -0.819. The summed E-state index contributed by atoms with van der Waals surface area (Å²) in [6.45, 7) is 8.72. The number of para-hydroxylation sites is 1. The van der Waals surface area contributed by atoms with Crippen LogP contribution < -0.4 is 4.90 Å². The third kappa shape index (κ3) is 4.02. The number of hydrogen-bond donors (Lipinski definition) is 2. The summed E-state index contributed by atoms with van der Waals surface area (Å²) in [7, 11) is 0. The summed E-state index contributed by atoms with van der Waals surface area (Å²) in [5, 5.41) is 19.1. The highest BCUT2D eigenvalue weighted by atomic mass is 16.3. The molecule has 1 aromatic rings. The van der Waals surface area contributed by atoms with E-state index in [0.29, 0.717) is 13.1 Å². The molecule has 0 bridgehead atoms. The zero-order valence-corrected chi connectivity index (χ0v) is 11.1. The summed E-state index contributed by atoms with van der Waals surface area (Å²) < 4.78 is 0. The Labute approximate surface area is 104 Å². The van der Waals surface area contributed by atoms with Crippen LogP contribution in [0.4, 0.5) is 5.69 Å². The zero-order valence-electron chi connectivity index (χ0n) is 11.1. The second-order valence-electron chi connectivity index (χ2n) is 4.84. The van der Waals surface area contributed by atoms with Crippen LogP contribution in [0.1, 0.15) is 25.0 Å². The largest absolute Gasteiger partial charge is 0.392 e. The van der Waals surface area contributed by atoms with Crippen LogP contribution in [0, 0.1) is 13.8 Å². The fourth-order valence-electron chi connectivity index (χ4n) is 2.20. The molecule has 2 unspecified atom stereocenters. The maximum absolute atomic E-state index is 9.56. The fraction of sp³-hybridized carbons (Fsp3) is 0.571. The van der Waals surface area contributed by atoms with Crippen LogP contribution in [0.3, 0.4) is 0 Å². The molecule has 17 heavy (non-hydrogen) atoms. The summed E-state index contributed by atoms with van der Waals surface area (Å²) in [5.41, 5.74) is 3.46. The van der Waals surface area contributed by atoms with Gasteiger partial charge >= 0.3 is 0 Å². The molecule has 0 saturated carbocycles. The summed E-state index contributed by atoms with van der Waals surface area (Å²) in [6, 6.07) is 6.13. The van der Waals surface area contributed by atoms with Gasteiger partial charge < -0.3 is 15.1 Å².